The molecule has 1 heterocycles. The normalized spacial score (nSPS) is 16.6. The molecular formula is C14H27IN4O2. The molecule has 1 rings (SSSR count). The van der Waals surface area contributed by atoms with E-state index in [-0.39, 0.29) is 41.3 Å². The number of nitrogens with one attached hydrogen (secondary N) is 2. The molecule has 0 spiro atoms. The minimum absolute atomic E-state index is 0. The number of imide groups is 1. The minimum atomic E-state index is -0.0855. The predicted octanol–water partition coefficient (Wildman–Crippen LogP) is 1.50. The number of carbonyl (C=O) groups is 2. The molecule has 0 aromatic heterocycles. The number of likely N-dealkylation sites (tertiary alicyclic amines) is 1. The Morgan fingerprint density at radius 3 is 2.29 bits per heavy atom. The lowest BCUT2D eigenvalue weighted by Crippen LogP contribution is -2.48. The number of nitrogens with zero attached hydrogens (tertiary/aromatic N) is 2. The summed E-state index contributed by atoms with van der Waals surface area (Å²) in [5.74, 6) is 0.548. The summed E-state index contributed by atoms with van der Waals surface area (Å²) in [6.07, 6.45) is 1.61. The van der Waals surface area contributed by atoms with E-state index in [1.165, 1.54) is 4.90 Å². The number of hydrogen-bond acceptors (Lipinski definition) is 3. The molecule has 0 aromatic rings. The third kappa shape index (κ3) is 7.63. The van der Waals surface area contributed by atoms with Crippen LogP contribution in [0.25, 0.3) is 0 Å². The molecule has 2 amide bonds. The molecule has 0 unspecified atom stereocenters. The molecule has 0 bridgehead atoms. The number of hydrogen-bond donors (Lipinski definition) is 2. The number of carbonyl (C=O) groups excluding carboxylic acids is 2. The number of guanidine groups is 1. The summed E-state index contributed by atoms with van der Waals surface area (Å²) in [6.45, 7) is 9.70. The molecule has 0 atom stereocenters. The summed E-state index contributed by atoms with van der Waals surface area (Å²) in [7, 11) is 0. The average Bonchev–Trinajstić information content (AvgIpc) is 2.31. The van der Waals surface area contributed by atoms with Gasteiger partial charge in [-0.25, -0.2) is 0 Å². The third-order valence-electron chi connectivity index (χ3n) is 2.81. The number of amides is 2. The first-order chi connectivity index (χ1) is 9.33. The molecular weight excluding hydrogens is 383 g/mol. The highest BCUT2D eigenvalue weighted by Gasteiger charge is 2.25. The van der Waals surface area contributed by atoms with Gasteiger partial charge < -0.3 is 10.6 Å². The summed E-state index contributed by atoms with van der Waals surface area (Å²) in [4.78, 5) is 29.1. The number of piperidine rings is 1. The van der Waals surface area contributed by atoms with Crippen molar-refractivity contribution in [2.75, 3.05) is 19.6 Å². The maximum absolute atomic E-state index is 11.7. The van der Waals surface area contributed by atoms with Gasteiger partial charge in [-0.05, 0) is 34.1 Å². The van der Waals surface area contributed by atoms with Gasteiger partial charge in [-0.2, -0.15) is 0 Å². The SMILES string of the molecule is CCNC(=NCCN1C(=O)CCCC1=O)NC(C)(C)C.I. The Kier molecular flexibility index (Phi) is 8.84. The van der Waals surface area contributed by atoms with E-state index >= 15 is 0 Å². The summed E-state index contributed by atoms with van der Waals surface area (Å²) >= 11 is 0. The van der Waals surface area contributed by atoms with Crippen molar-refractivity contribution < 1.29 is 9.59 Å². The van der Waals surface area contributed by atoms with Crippen LogP contribution in [0.15, 0.2) is 4.99 Å². The van der Waals surface area contributed by atoms with Crippen molar-refractivity contribution in [3.63, 3.8) is 0 Å². The van der Waals surface area contributed by atoms with Crippen molar-refractivity contribution in [1.82, 2.24) is 15.5 Å². The standard InChI is InChI=1S/C14H26N4O2.HI/c1-5-15-13(17-14(2,3)4)16-9-10-18-11(19)7-6-8-12(18)20;/h5-10H2,1-4H3,(H2,15,16,17);1H. The minimum Gasteiger partial charge on any atom is -0.357 e. The van der Waals surface area contributed by atoms with Crippen LogP contribution < -0.4 is 10.6 Å². The molecule has 6 nitrogen and oxygen atoms in total. The lowest BCUT2D eigenvalue weighted by molar-refractivity contribution is -0.147. The summed E-state index contributed by atoms with van der Waals surface area (Å²) in [6, 6.07) is 0. The lowest BCUT2D eigenvalue weighted by Gasteiger charge is -2.25. The van der Waals surface area contributed by atoms with Crippen molar-refractivity contribution in [3.05, 3.63) is 0 Å². The Morgan fingerprint density at radius 1 is 1.24 bits per heavy atom. The number of rotatable bonds is 4. The molecule has 0 radical (unpaired) electrons. The van der Waals surface area contributed by atoms with Crippen molar-refractivity contribution in [1.29, 1.82) is 0 Å². The molecule has 1 aliphatic rings. The molecule has 1 saturated heterocycles. The van der Waals surface area contributed by atoms with E-state index in [1.807, 2.05) is 6.92 Å². The van der Waals surface area contributed by atoms with Crippen LogP contribution in [0.2, 0.25) is 0 Å². The molecule has 0 saturated carbocycles. The zero-order valence-electron chi connectivity index (χ0n) is 13.4. The molecule has 1 fully saturated rings. The summed E-state index contributed by atoms with van der Waals surface area (Å²) in [5.41, 5.74) is -0.0855. The first kappa shape index (κ1) is 20.1. The summed E-state index contributed by atoms with van der Waals surface area (Å²) < 4.78 is 0. The van der Waals surface area contributed by atoms with Gasteiger partial charge in [-0.15, -0.1) is 24.0 Å². The molecule has 1 aliphatic heterocycles. The highest BCUT2D eigenvalue weighted by Crippen LogP contribution is 2.11. The van der Waals surface area contributed by atoms with Gasteiger partial charge in [-0.1, -0.05) is 0 Å². The van der Waals surface area contributed by atoms with Crippen LogP contribution in [0.5, 0.6) is 0 Å². The summed E-state index contributed by atoms with van der Waals surface area (Å²) in [5, 5.41) is 6.42. The van der Waals surface area contributed by atoms with Crippen LogP contribution in [0, 0.1) is 0 Å². The molecule has 0 aromatic carbocycles. The van der Waals surface area contributed by atoms with Crippen LogP contribution in [0.3, 0.4) is 0 Å². The van der Waals surface area contributed by atoms with Gasteiger partial charge in [0.1, 0.15) is 0 Å². The Labute approximate surface area is 144 Å². The maximum atomic E-state index is 11.7. The van der Waals surface area contributed by atoms with Gasteiger partial charge in [0, 0.05) is 31.5 Å². The largest absolute Gasteiger partial charge is 0.357 e. The van der Waals surface area contributed by atoms with E-state index in [1.54, 1.807) is 0 Å². The van der Waals surface area contributed by atoms with Crippen LogP contribution >= 0.6 is 24.0 Å². The molecule has 21 heavy (non-hydrogen) atoms. The van der Waals surface area contributed by atoms with E-state index in [0.717, 1.165) is 6.54 Å². The van der Waals surface area contributed by atoms with Gasteiger partial charge in [0.25, 0.3) is 0 Å². The van der Waals surface area contributed by atoms with Crippen molar-refractivity contribution >= 4 is 41.8 Å². The topological polar surface area (TPSA) is 73.8 Å². The van der Waals surface area contributed by atoms with Gasteiger partial charge in [-0.3, -0.25) is 19.5 Å². The zero-order chi connectivity index (χ0) is 15.2. The van der Waals surface area contributed by atoms with Gasteiger partial charge >= 0.3 is 0 Å². The predicted molar refractivity (Wildman–Crippen MR) is 94.9 cm³/mol. The molecule has 122 valence electrons. The molecule has 0 aliphatic carbocycles. The fourth-order valence-electron chi connectivity index (χ4n) is 1.97. The second-order valence-corrected chi connectivity index (χ2v) is 5.93. The number of halogens is 1. The van der Waals surface area contributed by atoms with E-state index in [2.05, 4.69) is 36.4 Å². The fourth-order valence-corrected chi connectivity index (χ4v) is 1.97. The Balaban J connectivity index is 0.00000400. The average molecular weight is 410 g/mol. The van der Waals surface area contributed by atoms with Crippen LogP contribution in [0.4, 0.5) is 0 Å². The van der Waals surface area contributed by atoms with E-state index in [0.29, 0.717) is 38.3 Å². The number of aliphatic imine (C=N–C) groups is 1. The third-order valence-corrected chi connectivity index (χ3v) is 2.81. The van der Waals surface area contributed by atoms with Crippen molar-refractivity contribution in [3.8, 4) is 0 Å². The Hall–Kier alpha value is -0.860. The zero-order valence-corrected chi connectivity index (χ0v) is 15.7. The van der Waals surface area contributed by atoms with Crippen LogP contribution in [-0.4, -0.2) is 47.8 Å². The monoisotopic (exact) mass is 410 g/mol. The second-order valence-electron chi connectivity index (χ2n) is 5.93. The van der Waals surface area contributed by atoms with Gasteiger partial charge in [0.2, 0.25) is 11.8 Å². The molecule has 2 N–H and O–H groups in total. The maximum Gasteiger partial charge on any atom is 0.229 e. The Bertz CT molecular complexity index is 375. The van der Waals surface area contributed by atoms with E-state index in [9.17, 15) is 9.59 Å². The molecule has 7 heteroatoms. The van der Waals surface area contributed by atoms with Gasteiger partial charge in [0.15, 0.2) is 5.96 Å². The first-order valence-corrected chi connectivity index (χ1v) is 7.23. The first-order valence-electron chi connectivity index (χ1n) is 7.23. The lowest BCUT2D eigenvalue weighted by atomic mass is 10.1. The van der Waals surface area contributed by atoms with Crippen LogP contribution in [-0.2, 0) is 9.59 Å². The van der Waals surface area contributed by atoms with E-state index in [4.69, 9.17) is 0 Å². The fraction of sp³-hybridized carbons (Fsp3) is 0.786. The Morgan fingerprint density at radius 2 is 1.81 bits per heavy atom. The smallest absolute Gasteiger partial charge is 0.229 e. The van der Waals surface area contributed by atoms with Crippen molar-refractivity contribution in [2.45, 2.75) is 52.5 Å². The second kappa shape index (κ2) is 9.22. The van der Waals surface area contributed by atoms with Crippen LogP contribution in [0.1, 0.15) is 47.0 Å². The van der Waals surface area contributed by atoms with E-state index < -0.39 is 0 Å². The van der Waals surface area contributed by atoms with Gasteiger partial charge in [0.05, 0.1) is 6.54 Å². The highest BCUT2D eigenvalue weighted by molar-refractivity contribution is 14.0. The quantitative estimate of drug-likeness (QED) is 0.319. The highest BCUT2D eigenvalue weighted by atomic mass is 127. The van der Waals surface area contributed by atoms with Crippen molar-refractivity contribution in [2.24, 2.45) is 4.99 Å².